The Morgan fingerprint density at radius 2 is 1.84 bits per heavy atom. The molecule has 4 heteroatoms. The number of benzene rings is 2. The molecule has 0 amide bonds. The minimum atomic E-state index is 0.530. The van der Waals surface area contributed by atoms with Crippen LogP contribution in [0.5, 0.6) is 11.5 Å². The van der Waals surface area contributed by atoms with Crippen LogP contribution in [0.15, 0.2) is 46.9 Å². The molecule has 0 aliphatic carbocycles. The number of methoxy groups -OCH3 is 1. The van der Waals surface area contributed by atoms with Crippen LogP contribution >= 0.6 is 15.9 Å². The quantitative estimate of drug-likeness (QED) is 0.485. The maximum Gasteiger partial charge on any atom is 0.166 e. The minimum Gasteiger partial charge on any atom is -0.493 e. The third kappa shape index (κ3) is 6.71. The summed E-state index contributed by atoms with van der Waals surface area (Å²) in [4.78, 5) is 0. The molecule has 0 unspecified atom stereocenters. The van der Waals surface area contributed by atoms with Crippen LogP contribution in [0.3, 0.4) is 0 Å². The van der Waals surface area contributed by atoms with Gasteiger partial charge in [0.1, 0.15) is 6.61 Å². The number of unbranched alkanes of at least 4 members (excludes halogenated alkanes) is 3. The first-order valence-electron chi connectivity index (χ1n) is 8.98. The van der Waals surface area contributed by atoms with Crippen molar-refractivity contribution in [2.45, 2.75) is 45.8 Å². The van der Waals surface area contributed by atoms with E-state index in [2.05, 4.69) is 46.4 Å². The van der Waals surface area contributed by atoms with Crippen molar-refractivity contribution in [2.24, 2.45) is 0 Å². The molecule has 0 aromatic heterocycles. The molecule has 136 valence electrons. The van der Waals surface area contributed by atoms with Crippen LogP contribution in [0, 0.1) is 0 Å². The first kappa shape index (κ1) is 19.8. The molecule has 2 aromatic rings. The molecular weight excluding hydrogens is 378 g/mol. The molecule has 2 rings (SSSR count). The van der Waals surface area contributed by atoms with E-state index in [4.69, 9.17) is 9.47 Å². The van der Waals surface area contributed by atoms with Crippen molar-refractivity contribution in [2.75, 3.05) is 13.7 Å². The second-order valence-corrected chi connectivity index (χ2v) is 7.02. The average Bonchev–Trinajstić information content (AvgIpc) is 2.64. The number of halogens is 1. The Balaban J connectivity index is 2.02. The lowest BCUT2D eigenvalue weighted by atomic mass is 10.1. The third-order valence-electron chi connectivity index (χ3n) is 4.07. The predicted octanol–water partition coefficient (Wildman–Crippen LogP) is 5.71. The van der Waals surface area contributed by atoms with Gasteiger partial charge in [-0.2, -0.15) is 0 Å². The van der Waals surface area contributed by atoms with E-state index in [-0.39, 0.29) is 0 Å². The molecular formula is C21H28BrNO2. The summed E-state index contributed by atoms with van der Waals surface area (Å²) < 4.78 is 12.6. The molecule has 0 saturated heterocycles. The first-order chi connectivity index (χ1) is 12.2. The van der Waals surface area contributed by atoms with Gasteiger partial charge in [0.05, 0.1) is 7.11 Å². The summed E-state index contributed by atoms with van der Waals surface area (Å²) in [5.41, 5.74) is 2.25. The summed E-state index contributed by atoms with van der Waals surface area (Å²) in [6.45, 7) is 4.55. The molecule has 0 saturated carbocycles. The summed E-state index contributed by atoms with van der Waals surface area (Å²) in [5.74, 6) is 1.57. The summed E-state index contributed by atoms with van der Waals surface area (Å²) in [6, 6.07) is 14.2. The van der Waals surface area contributed by atoms with E-state index in [1.54, 1.807) is 7.11 Å². The Morgan fingerprint density at radius 3 is 2.56 bits per heavy atom. The Hall–Kier alpha value is -1.52. The van der Waals surface area contributed by atoms with Crippen LogP contribution in [0.25, 0.3) is 0 Å². The highest BCUT2D eigenvalue weighted by Gasteiger charge is 2.13. The molecule has 25 heavy (non-hydrogen) atoms. The van der Waals surface area contributed by atoms with E-state index in [9.17, 15) is 0 Å². The van der Waals surface area contributed by atoms with E-state index in [1.165, 1.54) is 25.7 Å². The fourth-order valence-corrected chi connectivity index (χ4v) is 3.18. The van der Waals surface area contributed by atoms with E-state index in [0.29, 0.717) is 6.61 Å². The highest BCUT2D eigenvalue weighted by Crippen LogP contribution is 2.35. The Kier molecular flexibility index (Phi) is 8.84. The van der Waals surface area contributed by atoms with Gasteiger partial charge in [0, 0.05) is 16.6 Å². The molecule has 0 fully saturated rings. The van der Waals surface area contributed by atoms with Crippen molar-refractivity contribution in [3.05, 3.63) is 58.1 Å². The van der Waals surface area contributed by atoms with Crippen molar-refractivity contribution in [3.8, 4) is 11.5 Å². The van der Waals surface area contributed by atoms with Gasteiger partial charge in [-0.05, 0) is 30.7 Å². The third-order valence-corrected chi connectivity index (χ3v) is 4.52. The molecule has 0 heterocycles. The fourth-order valence-electron chi connectivity index (χ4n) is 2.70. The van der Waals surface area contributed by atoms with Gasteiger partial charge in [0.15, 0.2) is 11.5 Å². The van der Waals surface area contributed by atoms with Crippen LogP contribution in [0.2, 0.25) is 0 Å². The van der Waals surface area contributed by atoms with Gasteiger partial charge in [-0.15, -0.1) is 0 Å². The Morgan fingerprint density at radius 1 is 1.04 bits per heavy atom. The zero-order valence-electron chi connectivity index (χ0n) is 15.2. The highest BCUT2D eigenvalue weighted by atomic mass is 79.9. The molecule has 2 aromatic carbocycles. The topological polar surface area (TPSA) is 30.5 Å². The van der Waals surface area contributed by atoms with E-state index in [1.807, 2.05) is 24.3 Å². The monoisotopic (exact) mass is 405 g/mol. The zero-order valence-corrected chi connectivity index (χ0v) is 16.8. The lowest BCUT2D eigenvalue weighted by Crippen LogP contribution is -2.16. The van der Waals surface area contributed by atoms with Gasteiger partial charge in [-0.3, -0.25) is 0 Å². The molecule has 0 aliphatic heterocycles. The van der Waals surface area contributed by atoms with Crippen molar-refractivity contribution < 1.29 is 9.47 Å². The van der Waals surface area contributed by atoms with E-state index in [0.717, 1.165) is 40.2 Å². The molecule has 3 nitrogen and oxygen atoms in total. The normalized spacial score (nSPS) is 10.7. The minimum absolute atomic E-state index is 0.530. The van der Waals surface area contributed by atoms with Gasteiger partial charge in [-0.1, -0.05) is 72.4 Å². The number of rotatable bonds is 11. The van der Waals surface area contributed by atoms with Crippen molar-refractivity contribution in [1.29, 1.82) is 0 Å². The number of hydrogen-bond acceptors (Lipinski definition) is 3. The van der Waals surface area contributed by atoms with Gasteiger partial charge >= 0.3 is 0 Å². The second-order valence-electron chi connectivity index (χ2n) is 6.11. The van der Waals surface area contributed by atoms with Gasteiger partial charge in [0.2, 0.25) is 0 Å². The summed E-state index contributed by atoms with van der Waals surface area (Å²) >= 11 is 3.56. The molecule has 0 radical (unpaired) electrons. The number of ether oxygens (including phenoxy) is 2. The summed E-state index contributed by atoms with van der Waals surface area (Å²) in [7, 11) is 1.68. The van der Waals surface area contributed by atoms with Crippen molar-refractivity contribution in [1.82, 2.24) is 5.32 Å². The molecule has 0 aliphatic rings. The molecule has 0 bridgehead atoms. The van der Waals surface area contributed by atoms with Crippen LogP contribution in [-0.4, -0.2) is 13.7 Å². The second kappa shape index (κ2) is 11.2. The smallest absolute Gasteiger partial charge is 0.166 e. The number of hydrogen-bond donors (Lipinski definition) is 1. The van der Waals surface area contributed by atoms with E-state index >= 15 is 0 Å². The van der Waals surface area contributed by atoms with Gasteiger partial charge in [-0.25, -0.2) is 0 Å². The lowest BCUT2D eigenvalue weighted by molar-refractivity contribution is 0.280. The zero-order chi connectivity index (χ0) is 17.9. The van der Waals surface area contributed by atoms with Crippen LogP contribution in [0.4, 0.5) is 0 Å². The van der Waals surface area contributed by atoms with Crippen LogP contribution in [-0.2, 0) is 13.2 Å². The lowest BCUT2D eigenvalue weighted by Gasteiger charge is -2.16. The SMILES string of the molecule is CCCCCCNCc1cc(Br)cc(OC)c1OCc1ccccc1. The summed E-state index contributed by atoms with van der Waals surface area (Å²) in [6.07, 6.45) is 5.06. The number of nitrogens with one attached hydrogen (secondary N) is 1. The highest BCUT2D eigenvalue weighted by molar-refractivity contribution is 9.10. The Bertz CT molecular complexity index is 631. The predicted molar refractivity (Wildman–Crippen MR) is 107 cm³/mol. The van der Waals surface area contributed by atoms with Crippen LogP contribution < -0.4 is 14.8 Å². The van der Waals surface area contributed by atoms with Gasteiger partial charge in [0.25, 0.3) is 0 Å². The fraction of sp³-hybridized carbons (Fsp3) is 0.429. The largest absolute Gasteiger partial charge is 0.493 e. The molecule has 0 spiro atoms. The van der Waals surface area contributed by atoms with E-state index < -0.39 is 0 Å². The maximum absolute atomic E-state index is 6.11. The van der Waals surface area contributed by atoms with Crippen molar-refractivity contribution >= 4 is 15.9 Å². The standard InChI is InChI=1S/C21H28BrNO2/c1-3-4-5-9-12-23-15-18-13-19(22)14-20(24-2)21(18)25-16-17-10-7-6-8-11-17/h6-8,10-11,13-14,23H,3-5,9,12,15-16H2,1-2H3. The van der Waals surface area contributed by atoms with Crippen LogP contribution in [0.1, 0.15) is 43.7 Å². The van der Waals surface area contributed by atoms with Gasteiger partial charge < -0.3 is 14.8 Å². The molecule has 1 N–H and O–H groups in total. The Labute approximate surface area is 159 Å². The molecule has 0 atom stereocenters. The summed E-state index contributed by atoms with van der Waals surface area (Å²) in [5, 5.41) is 3.52. The average molecular weight is 406 g/mol. The maximum atomic E-state index is 6.11. The van der Waals surface area contributed by atoms with Crippen molar-refractivity contribution in [3.63, 3.8) is 0 Å². The first-order valence-corrected chi connectivity index (χ1v) is 9.77.